The molecule has 482 valence electrons. The summed E-state index contributed by atoms with van der Waals surface area (Å²) in [7, 11) is 0. The zero-order valence-corrected chi connectivity index (χ0v) is 50.6. The van der Waals surface area contributed by atoms with Crippen LogP contribution in [-0.4, -0.2) is 108 Å². The Morgan fingerprint density at radius 2 is 0.766 bits per heavy atom. The Morgan fingerprint density at radius 1 is 0.436 bits per heavy atom. The lowest BCUT2D eigenvalue weighted by Crippen LogP contribution is -2.21. The number of nitrogen functional groups attached to an aromatic ring is 3. The highest BCUT2D eigenvalue weighted by molar-refractivity contribution is 6.01. The summed E-state index contributed by atoms with van der Waals surface area (Å²) in [6.45, 7) is 6.10. The second-order valence-corrected chi connectivity index (χ2v) is 21.6. The van der Waals surface area contributed by atoms with E-state index in [-0.39, 0.29) is 115 Å². The van der Waals surface area contributed by atoms with Crippen LogP contribution < -0.4 is 44.6 Å². The van der Waals surface area contributed by atoms with Crippen molar-refractivity contribution < 1.29 is 42.7 Å². The van der Waals surface area contributed by atoms with Gasteiger partial charge in [0.05, 0.1) is 59.3 Å². The van der Waals surface area contributed by atoms with Crippen molar-refractivity contribution in [1.82, 2.24) is 59.6 Å². The zero-order chi connectivity index (χ0) is 65.7. The minimum Gasteiger partial charge on any atom is -0.379 e. The number of anilines is 6. The van der Waals surface area contributed by atoms with Gasteiger partial charge in [0.2, 0.25) is 17.7 Å². The fourth-order valence-corrected chi connectivity index (χ4v) is 9.71. The van der Waals surface area contributed by atoms with E-state index < -0.39 is 0 Å². The summed E-state index contributed by atoms with van der Waals surface area (Å²) < 4.78 is 19.3. The van der Waals surface area contributed by atoms with E-state index in [1.807, 2.05) is 93.6 Å². The number of aromatic nitrogens is 12. The Bertz CT molecular complexity index is 4640. The molecule has 0 saturated carbocycles. The highest BCUT2D eigenvalue weighted by Crippen LogP contribution is 2.31. The van der Waals surface area contributed by atoms with Gasteiger partial charge in [0.25, 0.3) is 0 Å². The number of para-hydroxylation sites is 6. The molecule has 29 nitrogen and oxygen atoms in total. The minimum absolute atomic E-state index is 0. The Morgan fingerprint density at radius 3 is 1.07 bits per heavy atom. The number of carbonyl (C=O) groups excluding carboxylic acids is 6. The summed E-state index contributed by atoms with van der Waals surface area (Å²) in [6, 6.07) is 42.5. The molecular weight excluding hydrogens is 1200 g/mol. The summed E-state index contributed by atoms with van der Waals surface area (Å²) in [5.41, 5.74) is 36.9. The van der Waals surface area contributed by atoms with Crippen LogP contribution in [-0.2, 0) is 34.0 Å². The lowest BCUT2D eigenvalue weighted by Gasteiger charge is -2.12. The van der Waals surface area contributed by atoms with E-state index in [2.05, 4.69) is 66.5 Å². The SMILES string of the molecule is C.CC(C)C(=O)Nc1ccc(C(=O)Cn2c(-c3nonc3N)nc3ccccc32)cc1.C[C@@H](CCCCN)C(=O)Nc1ccc(C(=O)Cn2c(-c3nonc3N)nc3ccccc32)cc1.NCC(=O)Nc1ccc(C(=O)Cn2c(-c3nonc3N)nc3ccccc32)cc1. The number of benzene rings is 6. The third kappa shape index (κ3) is 15.4. The minimum atomic E-state index is -0.308. The molecule has 0 saturated heterocycles. The van der Waals surface area contributed by atoms with Crippen LogP contribution in [0.15, 0.2) is 159 Å². The Hall–Kier alpha value is -12.1. The molecule has 29 heteroatoms. The molecule has 0 spiro atoms. The van der Waals surface area contributed by atoms with E-state index in [4.69, 9.17) is 37.9 Å². The number of hydrogen-bond donors (Lipinski definition) is 8. The van der Waals surface area contributed by atoms with E-state index >= 15 is 0 Å². The number of hydrogen-bond acceptors (Lipinski definition) is 23. The predicted octanol–water partition coefficient (Wildman–Crippen LogP) is 8.49. The van der Waals surface area contributed by atoms with Crippen molar-refractivity contribution in [2.45, 2.75) is 67.1 Å². The number of imidazole rings is 3. The Balaban J connectivity index is 0.000000166. The molecule has 6 aromatic carbocycles. The molecule has 12 rings (SSSR count). The molecule has 0 aliphatic carbocycles. The third-order valence-corrected chi connectivity index (χ3v) is 14.7. The largest absolute Gasteiger partial charge is 0.379 e. The van der Waals surface area contributed by atoms with Gasteiger partial charge in [-0.3, -0.25) is 28.8 Å². The number of nitrogens with two attached hydrogens (primary N) is 5. The predicted molar refractivity (Wildman–Crippen MR) is 353 cm³/mol. The van der Waals surface area contributed by atoms with Crippen LogP contribution in [0.4, 0.5) is 34.5 Å². The van der Waals surface area contributed by atoms with Crippen molar-refractivity contribution in [2.24, 2.45) is 23.3 Å². The van der Waals surface area contributed by atoms with Crippen molar-refractivity contribution >= 4 is 103 Å². The fraction of sp³-hybridized carbons (Fsp3) is 0.215. The number of amides is 3. The van der Waals surface area contributed by atoms with Gasteiger partial charge in [-0.25, -0.2) is 28.8 Å². The Labute approximate surface area is 536 Å². The molecule has 1 atom stereocenters. The first-order valence-corrected chi connectivity index (χ1v) is 29.3. The first-order valence-electron chi connectivity index (χ1n) is 29.3. The first-order chi connectivity index (χ1) is 45.0. The van der Waals surface area contributed by atoms with E-state index in [1.54, 1.807) is 86.5 Å². The lowest BCUT2D eigenvalue weighted by molar-refractivity contribution is -0.120. The second kappa shape index (κ2) is 30.1. The Kier molecular flexibility index (Phi) is 21.3. The number of Topliss-reactive ketones (excluding diaryl/α,β-unsaturated/α-hetero) is 3. The van der Waals surface area contributed by atoms with Gasteiger partial charge in [0.15, 0.2) is 69.4 Å². The van der Waals surface area contributed by atoms with Crippen LogP contribution >= 0.6 is 0 Å². The average molecular weight is 1270 g/mol. The zero-order valence-electron chi connectivity index (χ0n) is 50.6. The monoisotopic (exact) mass is 1270 g/mol. The lowest BCUT2D eigenvalue weighted by atomic mass is 10.0. The highest BCUT2D eigenvalue weighted by Gasteiger charge is 2.25. The normalized spacial score (nSPS) is 11.3. The molecule has 0 radical (unpaired) electrons. The third-order valence-electron chi connectivity index (χ3n) is 14.7. The van der Waals surface area contributed by atoms with Gasteiger partial charge in [0, 0.05) is 45.6 Å². The highest BCUT2D eigenvalue weighted by atomic mass is 16.6. The van der Waals surface area contributed by atoms with Crippen molar-refractivity contribution in [1.29, 1.82) is 0 Å². The fourth-order valence-electron chi connectivity index (χ4n) is 9.71. The summed E-state index contributed by atoms with van der Waals surface area (Å²) in [5.74, 6) is 0.403. The van der Waals surface area contributed by atoms with Crippen molar-refractivity contribution in [2.75, 3.05) is 46.2 Å². The van der Waals surface area contributed by atoms with Gasteiger partial charge < -0.3 is 58.3 Å². The summed E-state index contributed by atoms with van der Waals surface area (Å²) in [5, 5.41) is 30.6. The quantitative estimate of drug-likeness (QED) is 0.0233. The van der Waals surface area contributed by atoms with Crippen molar-refractivity contribution in [3.63, 3.8) is 0 Å². The van der Waals surface area contributed by atoms with E-state index in [0.717, 1.165) is 35.8 Å². The first kappa shape index (κ1) is 66.3. The molecule has 12 aromatic rings. The number of nitrogens with one attached hydrogen (secondary N) is 3. The number of fused-ring (bicyclic) bond motifs is 3. The molecular formula is C65H68N20O9. The van der Waals surface area contributed by atoms with Crippen molar-refractivity contribution in [3.05, 3.63) is 162 Å². The number of ketones is 3. The van der Waals surface area contributed by atoms with Gasteiger partial charge in [-0.2, -0.15) is 0 Å². The maximum absolute atomic E-state index is 13.1. The smallest absolute Gasteiger partial charge is 0.238 e. The molecule has 0 fully saturated rings. The standard InChI is InChI=1S/C24H27N7O3.C21H20N6O3.C19H17N7O3.CH4/c1-15(6-4-5-13-25)24(33)27-17-11-9-16(10-12-17)20(32)14-31-19-8-3-2-7-18(19)28-23(31)21-22(26)30-34-29-21;1-12(2)21(29)23-14-9-7-13(8-10-14)17(28)11-27-16-6-4-3-5-15(16)24-20(27)18-19(22)26-30-25-18;20-9-16(28)22-12-7-5-11(6-8-12)15(27)10-26-14-4-2-1-3-13(14)23-19(26)17-18(21)25-29-24-17;/h2-3,7-12,15H,4-6,13-14,25H2,1H3,(H2,26,30)(H,27,33);3-10,12H,11H2,1-2H3,(H2,22,26)(H,23,29);1-8H,9-10,20H2,(H2,21,25)(H,22,28);1H4/t15-;;;/m0.../s1. The van der Waals surface area contributed by atoms with Gasteiger partial charge in [-0.1, -0.05) is 71.0 Å². The number of nitrogens with zero attached hydrogens (tertiary/aromatic N) is 12. The molecule has 13 N–H and O–H groups in total. The van der Waals surface area contributed by atoms with Crippen molar-refractivity contribution in [3.8, 4) is 34.6 Å². The molecule has 6 heterocycles. The van der Waals surface area contributed by atoms with Crippen LogP contribution in [0.3, 0.4) is 0 Å². The number of unbranched alkanes of at least 4 members (excludes halogenated alkanes) is 1. The summed E-state index contributed by atoms with van der Waals surface area (Å²) in [4.78, 5) is 88.2. The van der Waals surface area contributed by atoms with Gasteiger partial charge in [-0.05, 0) is 160 Å². The van der Waals surface area contributed by atoms with Crippen LogP contribution in [0.5, 0.6) is 0 Å². The van der Waals surface area contributed by atoms with Crippen LogP contribution in [0.2, 0.25) is 0 Å². The summed E-state index contributed by atoms with van der Waals surface area (Å²) >= 11 is 0. The maximum atomic E-state index is 13.1. The molecule has 94 heavy (non-hydrogen) atoms. The van der Waals surface area contributed by atoms with Gasteiger partial charge in [0.1, 0.15) is 0 Å². The molecule has 0 aliphatic rings. The second-order valence-electron chi connectivity index (χ2n) is 21.6. The maximum Gasteiger partial charge on any atom is 0.238 e. The van der Waals surface area contributed by atoms with Crippen LogP contribution in [0, 0.1) is 11.8 Å². The molecule has 6 aromatic heterocycles. The summed E-state index contributed by atoms with van der Waals surface area (Å²) in [6.07, 6.45) is 2.61. The van der Waals surface area contributed by atoms with E-state index in [0.29, 0.717) is 74.3 Å². The van der Waals surface area contributed by atoms with Crippen LogP contribution in [0.1, 0.15) is 78.5 Å². The number of carbonyl (C=O) groups is 6. The van der Waals surface area contributed by atoms with Crippen LogP contribution in [0.25, 0.3) is 67.7 Å². The average Bonchev–Trinajstić information content (AvgIpc) is 1.66. The molecule has 3 amide bonds. The number of rotatable bonds is 22. The van der Waals surface area contributed by atoms with E-state index in [9.17, 15) is 28.8 Å². The topological polar surface area (TPSA) is 439 Å². The van der Waals surface area contributed by atoms with Gasteiger partial charge in [-0.15, -0.1) is 0 Å². The van der Waals surface area contributed by atoms with E-state index in [1.165, 1.54) is 0 Å². The molecule has 0 aliphatic heterocycles. The molecule has 0 unspecified atom stereocenters. The molecule has 0 bridgehead atoms. The van der Waals surface area contributed by atoms with Gasteiger partial charge >= 0.3 is 0 Å².